The van der Waals surface area contributed by atoms with Crippen LogP contribution in [0.15, 0.2) is 12.7 Å². The van der Waals surface area contributed by atoms with Crippen molar-refractivity contribution >= 4 is 0 Å². The molecule has 0 N–H and O–H groups in total. The molecule has 0 radical (unpaired) electrons. The Morgan fingerprint density at radius 1 is 1.17 bits per heavy atom. The Morgan fingerprint density at radius 3 is 1.92 bits per heavy atom. The molecule has 0 aliphatic heterocycles. The monoisotopic (exact) mass is 170 g/mol. The Morgan fingerprint density at radius 2 is 1.67 bits per heavy atom. The highest BCUT2D eigenvalue weighted by molar-refractivity contribution is 4.78. The maximum atomic E-state index is 3.82. The first kappa shape index (κ1) is 14.3. The van der Waals surface area contributed by atoms with Gasteiger partial charge in [-0.05, 0) is 24.7 Å². The van der Waals surface area contributed by atoms with E-state index in [0.717, 1.165) is 11.8 Å². The van der Waals surface area contributed by atoms with Crippen LogP contribution in [0.3, 0.4) is 0 Å². The van der Waals surface area contributed by atoms with Crippen molar-refractivity contribution in [3.05, 3.63) is 12.7 Å². The van der Waals surface area contributed by atoms with E-state index in [1.807, 2.05) is 13.8 Å². The number of hydrogen-bond acceptors (Lipinski definition) is 0. The van der Waals surface area contributed by atoms with Crippen molar-refractivity contribution in [3.63, 3.8) is 0 Å². The van der Waals surface area contributed by atoms with Gasteiger partial charge in [-0.25, -0.2) is 0 Å². The van der Waals surface area contributed by atoms with E-state index in [1.165, 1.54) is 19.3 Å². The lowest BCUT2D eigenvalue weighted by Crippen LogP contribution is -2.01. The van der Waals surface area contributed by atoms with Gasteiger partial charge in [-0.1, -0.05) is 47.1 Å². The summed E-state index contributed by atoms with van der Waals surface area (Å²) in [6.45, 7) is 14.6. The van der Waals surface area contributed by atoms with Gasteiger partial charge in [0.15, 0.2) is 0 Å². The molecule has 0 nitrogen and oxygen atoms in total. The minimum atomic E-state index is 0.745. The zero-order valence-electron chi connectivity index (χ0n) is 9.56. The lowest BCUT2D eigenvalue weighted by molar-refractivity contribution is 0.427. The maximum Gasteiger partial charge on any atom is -0.0236 e. The van der Waals surface area contributed by atoms with E-state index in [4.69, 9.17) is 0 Å². The molecule has 0 amide bonds. The number of rotatable bonds is 5. The highest BCUT2D eigenvalue weighted by Crippen LogP contribution is 2.18. The fourth-order valence-electron chi connectivity index (χ4n) is 1.11. The largest absolute Gasteiger partial charge is 0.103 e. The molecule has 0 aromatic rings. The van der Waals surface area contributed by atoms with Gasteiger partial charge in [-0.2, -0.15) is 0 Å². The van der Waals surface area contributed by atoms with Crippen molar-refractivity contribution in [1.82, 2.24) is 0 Å². The van der Waals surface area contributed by atoms with E-state index >= 15 is 0 Å². The maximum absolute atomic E-state index is 3.82. The van der Waals surface area contributed by atoms with E-state index in [1.54, 1.807) is 0 Å². The van der Waals surface area contributed by atoms with Crippen LogP contribution in [0, 0.1) is 11.8 Å². The summed E-state index contributed by atoms with van der Waals surface area (Å²) < 4.78 is 0. The van der Waals surface area contributed by atoms with Crippen LogP contribution in [-0.2, 0) is 0 Å². The summed E-state index contributed by atoms with van der Waals surface area (Å²) >= 11 is 0. The first-order chi connectivity index (χ1) is 5.74. The summed E-state index contributed by atoms with van der Waals surface area (Å²) in [6, 6.07) is 0. The zero-order chi connectivity index (χ0) is 9.98. The molecule has 0 aromatic carbocycles. The Hall–Kier alpha value is -0.260. The summed E-state index contributed by atoms with van der Waals surface area (Å²) in [6.07, 6.45) is 5.95. The fourth-order valence-corrected chi connectivity index (χ4v) is 1.11. The molecule has 74 valence electrons. The van der Waals surface area contributed by atoms with Gasteiger partial charge in [0.05, 0.1) is 0 Å². The van der Waals surface area contributed by atoms with E-state index in [0.29, 0.717) is 0 Å². The fraction of sp³-hybridized carbons (Fsp3) is 0.833. The molecular formula is C12H26. The van der Waals surface area contributed by atoms with Gasteiger partial charge < -0.3 is 0 Å². The summed E-state index contributed by atoms with van der Waals surface area (Å²) in [5.41, 5.74) is 0. The number of hydrogen-bond donors (Lipinski definition) is 0. The van der Waals surface area contributed by atoms with Gasteiger partial charge in [-0.3, -0.25) is 0 Å². The van der Waals surface area contributed by atoms with Gasteiger partial charge in [0.25, 0.3) is 0 Å². The molecule has 12 heavy (non-hydrogen) atoms. The predicted molar refractivity (Wildman–Crippen MR) is 59.4 cm³/mol. The van der Waals surface area contributed by atoms with Gasteiger partial charge in [0.1, 0.15) is 0 Å². The molecule has 0 aliphatic carbocycles. The van der Waals surface area contributed by atoms with Crippen molar-refractivity contribution < 1.29 is 0 Å². The lowest BCUT2D eigenvalue weighted by atomic mass is 9.92. The number of allylic oxidation sites excluding steroid dienone is 1. The summed E-state index contributed by atoms with van der Waals surface area (Å²) in [5.74, 6) is 1.61. The van der Waals surface area contributed by atoms with Crippen LogP contribution in [0.1, 0.15) is 53.9 Å². The van der Waals surface area contributed by atoms with Crippen LogP contribution in [0.5, 0.6) is 0 Å². The van der Waals surface area contributed by atoms with E-state index < -0.39 is 0 Å². The smallest absolute Gasteiger partial charge is 0.0236 e. The van der Waals surface area contributed by atoms with Gasteiger partial charge in [0, 0.05) is 0 Å². The van der Waals surface area contributed by atoms with Crippen molar-refractivity contribution in [3.8, 4) is 0 Å². The highest BCUT2D eigenvalue weighted by atomic mass is 14.1. The second kappa shape index (κ2) is 10.7. The normalized spacial score (nSPS) is 14.1. The third-order valence-corrected chi connectivity index (χ3v) is 2.26. The van der Waals surface area contributed by atoms with Crippen molar-refractivity contribution in [2.75, 3.05) is 0 Å². The molecule has 0 rings (SSSR count). The van der Waals surface area contributed by atoms with E-state index in [2.05, 4.69) is 33.4 Å². The molecule has 0 bridgehead atoms. The molecule has 0 spiro atoms. The Kier molecular flexibility index (Phi) is 12.8. The Bertz CT molecular complexity index is 84.0. The molecule has 0 saturated heterocycles. The predicted octanol–water partition coefficient (Wildman–Crippen LogP) is 4.66. The van der Waals surface area contributed by atoms with Crippen LogP contribution in [-0.4, -0.2) is 0 Å². The zero-order valence-corrected chi connectivity index (χ0v) is 9.56. The topological polar surface area (TPSA) is 0 Å². The lowest BCUT2D eigenvalue weighted by Gasteiger charge is -2.13. The summed E-state index contributed by atoms with van der Waals surface area (Å²) in [5, 5.41) is 0. The molecule has 2 atom stereocenters. The average Bonchev–Trinajstić information content (AvgIpc) is 2.16. The van der Waals surface area contributed by atoms with Crippen molar-refractivity contribution in [1.29, 1.82) is 0 Å². The molecule has 0 unspecified atom stereocenters. The second-order valence-electron chi connectivity index (χ2n) is 3.15. The highest BCUT2D eigenvalue weighted by Gasteiger charge is 2.05. The molecule has 0 fully saturated rings. The van der Waals surface area contributed by atoms with Crippen molar-refractivity contribution in [2.45, 2.75) is 53.9 Å². The minimum absolute atomic E-state index is 0.745. The molecular weight excluding hydrogens is 144 g/mol. The van der Waals surface area contributed by atoms with Crippen LogP contribution in [0.4, 0.5) is 0 Å². The molecule has 0 aromatic heterocycles. The quantitative estimate of drug-likeness (QED) is 0.526. The van der Waals surface area contributed by atoms with E-state index in [9.17, 15) is 0 Å². The van der Waals surface area contributed by atoms with E-state index in [-0.39, 0.29) is 0 Å². The summed E-state index contributed by atoms with van der Waals surface area (Å²) in [7, 11) is 0. The SMILES string of the molecule is C=C[C@H](CC)C[C@@H](C)CC.CC. The third-order valence-electron chi connectivity index (χ3n) is 2.26. The van der Waals surface area contributed by atoms with Crippen molar-refractivity contribution in [2.24, 2.45) is 11.8 Å². The van der Waals surface area contributed by atoms with Crippen LogP contribution >= 0.6 is 0 Å². The van der Waals surface area contributed by atoms with Gasteiger partial charge in [0.2, 0.25) is 0 Å². The van der Waals surface area contributed by atoms with Crippen LogP contribution < -0.4 is 0 Å². The Labute approximate surface area is 79.1 Å². The molecule has 0 heterocycles. The first-order valence-corrected chi connectivity index (χ1v) is 5.37. The standard InChI is InChI=1S/C10H20.C2H6/c1-5-9(4)8-10(6-2)7-3;1-2/h6,9-10H,2,5,7-8H2,1,3-4H3;1-2H3/t9-,10+;/m0./s1. The molecule has 0 aliphatic rings. The molecule has 0 heteroatoms. The molecule has 0 saturated carbocycles. The van der Waals surface area contributed by atoms with Crippen LogP contribution in [0.25, 0.3) is 0 Å². The van der Waals surface area contributed by atoms with Crippen LogP contribution in [0.2, 0.25) is 0 Å². The second-order valence-corrected chi connectivity index (χ2v) is 3.15. The summed E-state index contributed by atoms with van der Waals surface area (Å²) in [4.78, 5) is 0. The first-order valence-electron chi connectivity index (χ1n) is 5.37. The van der Waals surface area contributed by atoms with Gasteiger partial charge >= 0.3 is 0 Å². The average molecular weight is 170 g/mol. The minimum Gasteiger partial charge on any atom is -0.103 e. The third kappa shape index (κ3) is 7.84. The van der Waals surface area contributed by atoms with Gasteiger partial charge in [-0.15, -0.1) is 6.58 Å². The Balaban J connectivity index is 0.